The largest absolute Gasteiger partial charge is 0.546 e. The first-order valence-corrected chi connectivity index (χ1v) is 8.82. The summed E-state index contributed by atoms with van der Waals surface area (Å²) in [5, 5.41) is 0.176. The normalized spacial score (nSPS) is 20.9. The van der Waals surface area contributed by atoms with Crippen LogP contribution in [0.3, 0.4) is 0 Å². The van der Waals surface area contributed by atoms with Gasteiger partial charge >= 0.3 is 0 Å². The summed E-state index contributed by atoms with van der Waals surface area (Å²) in [6.45, 7) is 15.0. The highest BCUT2D eigenvalue weighted by Gasteiger charge is 2.45. The minimum atomic E-state index is -1.81. The van der Waals surface area contributed by atoms with E-state index in [9.17, 15) is 4.79 Å². The van der Waals surface area contributed by atoms with Gasteiger partial charge in [0.25, 0.3) is 0 Å². The Balaban J connectivity index is 2.89. The molecule has 16 heavy (non-hydrogen) atoms. The van der Waals surface area contributed by atoms with E-state index in [0.29, 0.717) is 6.42 Å². The van der Waals surface area contributed by atoms with Crippen LogP contribution < -0.4 is 0 Å². The molecule has 2 nitrogen and oxygen atoms in total. The molecule has 0 aromatic rings. The molecule has 0 bridgehead atoms. The summed E-state index contributed by atoms with van der Waals surface area (Å²) in [7, 11) is -1.81. The molecule has 0 aromatic carbocycles. The van der Waals surface area contributed by atoms with Crippen molar-refractivity contribution < 1.29 is 9.22 Å². The first-order valence-electron chi connectivity index (χ1n) is 5.91. The molecule has 0 N–H and O–H groups in total. The number of hydrogen-bond donors (Lipinski definition) is 0. The van der Waals surface area contributed by atoms with Gasteiger partial charge in [0.15, 0.2) is 0 Å². The zero-order chi connectivity index (χ0) is 12.8. The van der Waals surface area contributed by atoms with Crippen molar-refractivity contribution in [3.8, 4) is 0 Å². The molecule has 92 valence electrons. The number of allylic oxidation sites excluding steroid dienone is 2. The van der Waals surface area contributed by atoms with Gasteiger partial charge in [0, 0.05) is 6.42 Å². The highest BCUT2D eigenvalue weighted by atomic mass is 28.4. The predicted octanol–water partition coefficient (Wildman–Crippen LogP) is 3.89. The maximum atomic E-state index is 11.7. The van der Waals surface area contributed by atoms with Crippen LogP contribution in [0.4, 0.5) is 0 Å². The standard InChI is InChI=1S/C13H24O2Si/c1-12(2,3)16(6,7)15-11-9-8-10(14)13(11,4)5/h9H,8H2,1-7H3. The summed E-state index contributed by atoms with van der Waals surface area (Å²) in [5.41, 5.74) is -0.421. The molecule has 3 heteroatoms. The zero-order valence-electron chi connectivity index (χ0n) is 11.6. The van der Waals surface area contributed by atoms with Crippen molar-refractivity contribution in [3.05, 3.63) is 11.8 Å². The molecule has 0 saturated carbocycles. The van der Waals surface area contributed by atoms with Crippen LogP contribution in [-0.4, -0.2) is 14.1 Å². The number of ketones is 1. The first-order chi connectivity index (χ1) is 6.98. The predicted molar refractivity (Wildman–Crippen MR) is 69.8 cm³/mol. The van der Waals surface area contributed by atoms with Crippen molar-refractivity contribution in [1.82, 2.24) is 0 Å². The lowest BCUT2D eigenvalue weighted by atomic mass is 9.90. The molecule has 1 aliphatic carbocycles. The molecule has 0 fully saturated rings. The summed E-state index contributed by atoms with van der Waals surface area (Å²) >= 11 is 0. The Bertz CT molecular complexity index is 332. The zero-order valence-corrected chi connectivity index (χ0v) is 12.6. The van der Waals surface area contributed by atoms with Gasteiger partial charge in [-0.3, -0.25) is 4.79 Å². The second-order valence-electron chi connectivity index (χ2n) is 6.68. The molecular weight excluding hydrogens is 216 g/mol. The van der Waals surface area contributed by atoms with Crippen LogP contribution >= 0.6 is 0 Å². The second kappa shape index (κ2) is 3.72. The quantitative estimate of drug-likeness (QED) is 0.684. The molecule has 0 unspecified atom stereocenters. The van der Waals surface area contributed by atoms with E-state index in [1.165, 1.54) is 0 Å². The van der Waals surface area contributed by atoms with Crippen LogP contribution in [0.15, 0.2) is 11.8 Å². The molecule has 0 radical (unpaired) electrons. The number of hydrogen-bond acceptors (Lipinski definition) is 2. The van der Waals surface area contributed by atoms with Gasteiger partial charge in [0.2, 0.25) is 8.32 Å². The summed E-state index contributed by atoms with van der Waals surface area (Å²) in [6.07, 6.45) is 2.49. The molecule has 0 saturated heterocycles. The van der Waals surface area contributed by atoms with E-state index in [2.05, 4.69) is 33.9 Å². The lowest BCUT2D eigenvalue weighted by molar-refractivity contribution is -0.124. The minimum Gasteiger partial charge on any atom is -0.546 e. The van der Waals surface area contributed by atoms with Gasteiger partial charge in [0.1, 0.15) is 5.78 Å². The lowest BCUT2D eigenvalue weighted by Gasteiger charge is -2.39. The van der Waals surface area contributed by atoms with Crippen molar-refractivity contribution in [3.63, 3.8) is 0 Å². The average Bonchev–Trinajstić information content (AvgIpc) is 2.29. The molecule has 0 spiro atoms. The van der Waals surface area contributed by atoms with Crippen molar-refractivity contribution in [2.45, 2.75) is 59.2 Å². The number of carbonyl (C=O) groups is 1. The lowest BCUT2D eigenvalue weighted by Crippen LogP contribution is -2.42. The van der Waals surface area contributed by atoms with E-state index in [-0.39, 0.29) is 10.8 Å². The third kappa shape index (κ3) is 2.24. The monoisotopic (exact) mass is 240 g/mol. The summed E-state index contributed by atoms with van der Waals surface area (Å²) < 4.78 is 6.23. The molecule has 1 aliphatic rings. The molecule has 0 aliphatic heterocycles. The molecular formula is C13H24O2Si. The van der Waals surface area contributed by atoms with Crippen LogP contribution in [0.2, 0.25) is 18.1 Å². The molecule has 0 atom stereocenters. The Kier molecular flexibility index (Phi) is 3.14. The van der Waals surface area contributed by atoms with Gasteiger partial charge in [0.05, 0.1) is 11.2 Å². The Morgan fingerprint density at radius 1 is 1.31 bits per heavy atom. The van der Waals surface area contributed by atoms with Crippen LogP contribution in [0.5, 0.6) is 0 Å². The summed E-state index contributed by atoms with van der Waals surface area (Å²) in [6, 6.07) is 0. The van der Waals surface area contributed by atoms with E-state index >= 15 is 0 Å². The fourth-order valence-electron chi connectivity index (χ4n) is 1.43. The highest BCUT2D eigenvalue weighted by molar-refractivity contribution is 6.74. The molecule has 0 heterocycles. The van der Waals surface area contributed by atoms with Gasteiger partial charge in [-0.2, -0.15) is 0 Å². The Hall–Kier alpha value is -0.573. The minimum absolute atomic E-state index is 0.176. The topological polar surface area (TPSA) is 26.3 Å². The van der Waals surface area contributed by atoms with Crippen molar-refractivity contribution in [1.29, 1.82) is 0 Å². The van der Waals surface area contributed by atoms with Crippen LogP contribution in [0.25, 0.3) is 0 Å². The molecule has 0 aromatic heterocycles. The number of rotatable bonds is 2. The maximum Gasteiger partial charge on any atom is 0.250 e. The summed E-state index contributed by atoms with van der Waals surface area (Å²) in [5.74, 6) is 1.16. The Morgan fingerprint density at radius 3 is 2.12 bits per heavy atom. The molecule has 1 rings (SSSR count). The van der Waals surface area contributed by atoms with Gasteiger partial charge < -0.3 is 4.43 Å². The SMILES string of the molecule is CC1(C)C(=O)CC=C1O[Si](C)(C)C(C)(C)C. The first kappa shape index (κ1) is 13.5. The van der Waals surface area contributed by atoms with E-state index in [0.717, 1.165) is 5.76 Å². The van der Waals surface area contributed by atoms with Crippen molar-refractivity contribution in [2.24, 2.45) is 5.41 Å². The average molecular weight is 240 g/mol. The fraction of sp³-hybridized carbons (Fsp3) is 0.769. The van der Waals surface area contributed by atoms with E-state index in [4.69, 9.17) is 4.43 Å². The second-order valence-corrected chi connectivity index (χ2v) is 11.4. The van der Waals surface area contributed by atoms with Crippen molar-refractivity contribution in [2.75, 3.05) is 0 Å². The third-order valence-corrected chi connectivity index (χ3v) is 8.30. The van der Waals surface area contributed by atoms with E-state index in [1.807, 2.05) is 19.9 Å². The summed E-state index contributed by atoms with van der Waals surface area (Å²) in [4.78, 5) is 11.7. The van der Waals surface area contributed by atoms with Gasteiger partial charge in [-0.05, 0) is 38.1 Å². The smallest absolute Gasteiger partial charge is 0.250 e. The van der Waals surface area contributed by atoms with Crippen LogP contribution in [0, 0.1) is 5.41 Å². The molecule has 0 amide bonds. The van der Waals surface area contributed by atoms with Crippen molar-refractivity contribution >= 4 is 14.1 Å². The maximum absolute atomic E-state index is 11.7. The number of Topliss-reactive ketones (excluding diaryl/α,β-unsaturated/α-hetero) is 1. The van der Waals surface area contributed by atoms with E-state index in [1.54, 1.807) is 0 Å². The van der Waals surface area contributed by atoms with Gasteiger partial charge in [-0.15, -0.1) is 0 Å². The highest BCUT2D eigenvalue weighted by Crippen LogP contribution is 2.43. The van der Waals surface area contributed by atoms with Gasteiger partial charge in [-0.25, -0.2) is 0 Å². The Labute approximate surface area is 100 Å². The van der Waals surface area contributed by atoms with Gasteiger partial charge in [-0.1, -0.05) is 20.8 Å². The van der Waals surface area contributed by atoms with Crippen LogP contribution in [-0.2, 0) is 9.22 Å². The van der Waals surface area contributed by atoms with Crippen LogP contribution in [0.1, 0.15) is 41.0 Å². The Morgan fingerprint density at radius 2 is 1.81 bits per heavy atom. The van der Waals surface area contributed by atoms with E-state index < -0.39 is 13.7 Å². The fourth-order valence-corrected chi connectivity index (χ4v) is 2.62. The number of carbonyl (C=O) groups excluding carboxylic acids is 1. The third-order valence-electron chi connectivity index (χ3n) is 3.96.